The largest absolute Gasteiger partial charge is 0.326 e. The molecule has 21 heavy (non-hydrogen) atoms. The molecule has 0 aliphatic carbocycles. The lowest BCUT2D eigenvalue weighted by Gasteiger charge is -2.33. The van der Waals surface area contributed by atoms with Gasteiger partial charge in [-0.15, -0.1) is 11.6 Å². The molecule has 0 radical (unpaired) electrons. The number of aromatic nitrogens is 2. The summed E-state index contributed by atoms with van der Waals surface area (Å²) in [5.41, 5.74) is 2.03. The van der Waals surface area contributed by atoms with Gasteiger partial charge in [0.1, 0.15) is 11.3 Å². The van der Waals surface area contributed by atoms with Crippen molar-refractivity contribution in [1.29, 1.82) is 0 Å². The number of benzene rings is 1. The Balaban J connectivity index is 1.98. The summed E-state index contributed by atoms with van der Waals surface area (Å²) in [6.07, 6.45) is 4.64. The predicted molar refractivity (Wildman–Crippen MR) is 89.4 cm³/mol. The van der Waals surface area contributed by atoms with Gasteiger partial charge in [-0.1, -0.05) is 24.1 Å². The number of halogens is 2. The number of alkyl halides is 1. The molecule has 0 bridgehead atoms. The molecule has 1 aliphatic rings. The zero-order valence-corrected chi connectivity index (χ0v) is 13.9. The van der Waals surface area contributed by atoms with Gasteiger partial charge in [0.25, 0.3) is 0 Å². The van der Waals surface area contributed by atoms with Gasteiger partial charge in [-0.3, -0.25) is 0 Å². The van der Waals surface area contributed by atoms with Crippen LogP contribution < -0.4 is 0 Å². The summed E-state index contributed by atoms with van der Waals surface area (Å²) < 4.78 is 2.32. The SMILES string of the molecule is CN1CCCCC1Cn1c(CCCl)nc2c(Cl)cccc21. The number of hydrogen-bond acceptors (Lipinski definition) is 2. The highest BCUT2D eigenvalue weighted by molar-refractivity contribution is 6.34. The van der Waals surface area contributed by atoms with Gasteiger partial charge in [0.05, 0.1) is 10.5 Å². The van der Waals surface area contributed by atoms with Gasteiger partial charge in [0, 0.05) is 24.9 Å². The molecule has 0 spiro atoms. The first-order valence-corrected chi connectivity index (χ1v) is 8.52. The summed E-state index contributed by atoms with van der Waals surface area (Å²) in [4.78, 5) is 7.18. The van der Waals surface area contributed by atoms with E-state index in [0.29, 0.717) is 11.9 Å². The lowest BCUT2D eigenvalue weighted by Crippen LogP contribution is -2.39. The van der Waals surface area contributed by atoms with Gasteiger partial charge in [-0.05, 0) is 38.6 Å². The van der Waals surface area contributed by atoms with E-state index < -0.39 is 0 Å². The summed E-state index contributed by atoms with van der Waals surface area (Å²) in [5, 5.41) is 0.721. The molecule has 1 aromatic heterocycles. The Morgan fingerprint density at radius 1 is 1.33 bits per heavy atom. The van der Waals surface area contributed by atoms with E-state index in [9.17, 15) is 0 Å². The summed E-state index contributed by atoms with van der Waals surface area (Å²) >= 11 is 12.2. The van der Waals surface area contributed by atoms with E-state index in [0.717, 1.165) is 34.8 Å². The number of piperidine rings is 1. The minimum absolute atomic E-state index is 0.573. The molecule has 5 heteroatoms. The van der Waals surface area contributed by atoms with Crippen molar-refractivity contribution in [1.82, 2.24) is 14.5 Å². The van der Waals surface area contributed by atoms with Crippen LogP contribution in [0.15, 0.2) is 18.2 Å². The number of rotatable bonds is 4. The zero-order valence-electron chi connectivity index (χ0n) is 12.4. The van der Waals surface area contributed by atoms with Crippen LogP contribution in [0.4, 0.5) is 0 Å². The minimum atomic E-state index is 0.573. The molecule has 1 aromatic carbocycles. The van der Waals surface area contributed by atoms with Gasteiger partial charge < -0.3 is 9.47 Å². The summed E-state index contributed by atoms with van der Waals surface area (Å²) in [6.45, 7) is 2.16. The standard InChI is InChI=1S/C16H21Cl2N3/c1-20-10-3-2-5-12(20)11-21-14-7-4-6-13(18)16(14)19-15(21)8-9-17/h4,6-7,12H,2-3,5,8-11H2,1H3. The average Bonchev–Trinajstić information content (AvgIpc) is 2.82. The van der Waals surface area contributed by atoms with Crippen molar-refractivity contribution in [2.45, 2.75) is 38.3 Å². The summed E-state index contributed by atoms with van der Waals surface area (Å²) in [5.74, 6) is 1.63. The maximum Gasteiger partial charge on any atom is 0.111 e. The van der Waals surface area contributed by atoms with E-state index in [-0.39, 0.29) is 0 Å². The third-order valence-electron chi connectivity index (χ3n) is 4.44. The maximum atomic E-state index is 6.29. The third kappa shape index (κ3) is 3.05. The molecule has 0 N–H and O–H groups in total. The Hall–Kier alpha value is -0.770. The Kier molecular flexibility index (Phi) is 4.72. The van der Waals surface area contributed by atoms with Crippen LogP contribution in [0.3, 0.4) is 0 Å². The van der Waals surface area contributed by atoms with Crippen LogP contribution in [0.1, 0.15) is 25.1 Å². The van der Waals surface area contributed by atoms with Crippen molar-refractivity contribution in [3.8, 4) is 0 Å². The fourth-order valence-electron chi connectivity index (χ4n) is 3.23. The van der Waals surface area contributed by atoms with Gasteiger partial charge in [-0.25, -0.2) is 4.98 Å². The fourth-order valence-corrected chi connectivity index (χ4v) is 3.61. The van der Waals surface area contributed by atoms with Crippen molar-refractivity contribution < 1.29 is 0 Å². The second kappa shape index (κ2) is 6.55. The van der Waals surface area contributed by atoms with E-state index in [1.54, 1.807) is 0 Å². The van der Waals surface area contributed by atoms with Gasteiger partial charge in [-0.2, -0.15) is 0 Å². The molecular weight excluding hydrogens is 305 g/mol. The van der Waals surface area contributed by atoms with E-state index in [1.807, 2.05) is 12.1 Å². The van der Waals surface area contributed by atoms with Gasteiger partial charge >= 0.3 is 0 Å². The van der Waals surface area contributed by atoms with E-state index >= 15 is 0 Å². The summed E-state index contributed by atoms with van der Waals surface area (Å²) in [6, 6.07) is 6.58. The van der Waals surface area contributed by atoms with Crippen LogP contribution in [-0.4, -0.2) is 40.0 Å². The number of hydrogen-bond donors (Lipinski definition) is 0. The fraction of sp³-hybridized carbons (Fsp3) is 0.562. The molecule has 3 rings (SSSR count). The van der Waals surface area contributed by atoms with Crippen molar-refractivity contribution in [2.24, 2.45) is 0 Å². The molecule has 2 aromatic rings. The minimum Gasteiger partial charge on any atom is -0.326 e. The Morgan fingerprint density at radius 2 is 2.19 bits per heavy atom. The second-order valence-corrected chi connectivity index (χ2v) is 6.60. The molecule has 2 heterocycles. The smallest absolute Gasteiger partial charge is 0.111 e. The molecule has 1 unspecified atom stereocenters. The molecule has 114 valence electrons. The zero-order chi connectivity index (χ0) is 14.8. The number of para-hydroxylation sites is 1. The lowest BCUT2D eigenvalue weighted by molar-refractivity contribution is 0.167. The van der Waals surface area contributed by atoms with Crippen molar-refractivity contribution in [2.75, 3.05) is 19.5 Å². The van der Waals surface area contributed by atoms with Gasteiger partial charge in [0.2, 0.25) is 0 Å². The number of nitrogens with zero attached hydrogens (tertiary/aromatic N) is 3. The molecule has 1 fully saturated rings. The molecule has 3 nitrogen and oxygen atoms in total. The Morgan fingerprint density at radius 3 is 2.95 bits per heavy atom. The number of imidazole rings is 1. The first kappa shape index (κ1) is 15.1. The number of likely N-dealkylation sites (tertiary alicyclic amines) is 1. The normalized spacial score (nSPS) is 20.2. The first-order chi connectivity index (χ1) is 10.2. The van der Waals surface area contributed by atoms with Crippen molar-refractivity contribution in [3.05, 3.63) is 29.0 Å². The monoisotopic (exact) mass is 325 g/mol. The number of aryl methyl sites for hydroxylation is 1. The first-order valence-electron chi connectivity index (χ1n) is 7.60. The molecule has 1 aliphatic heterocycles. The maximum absolute atomic E-state index is 6.29. The van der Waals surface area contributed by atoms with Crippen molar-refractivity contribution in [3.63, 3.8) is 0 Å². The second-order valence-electron chi connectivity index (χ2n) is 5.82. The van der Waals surface area contributed by atoms with Crippen LogP contribution in [0.5, 0.6) is 0 Å². The Labute approximate surface area is 135 Å². The molecule has 0 amide bonds. The van der Waals surface area contributed by atoms with Crippen LogP contribution in [0.2, 0.25) is 5.02 Å². The molecular formula is C16H21Cl2N3. The quantitative estimate of drug-likeness (QED) is 0.793. The lowest BCUT2D eigenvalue weighted by atomic mass is 10.0. The number of fused-ring (bicyclic) bond motifs is 1. The third-order valence-corrected chi connectivity index (χ3v) is 4.94. The number of likely N-dealkylation sites (N-methyl/N-ethyl adjacent to an activating group) is 1. The predicted octanol–water partition coefficient (Wildman–Crippen LogP) is 3.96. The molecule has 0 saturated carbocycles. The highest BCUT2D eigenvalue weighted by atomic mass is 35.5. The Bertz CT molecular complexity index is 623. The van der Waals surface area contributed by atoms with Crippen LogP contribution in [0, 0.1) is 0 Å². The van der Waals surface area contributed by atoms with Crippen LogP contribution >= 0.6 is 23.2 Å². The van der Waals surface area contributed by atoms with E-state index in [2.05, 4.69) is 22.6 Å². The van der Waals surface area contributed by atoms with Crippen LogP contribution in [-0.2, 0) is 13.0 Å². The van der Waals surface area contributed by atoms with E-state index in [1.165, 1.54) is 25.8 Å². The molecule has 1 atom stereocenters. The van der Waals surface area contributed by atoms with Gasteiger partial charge in [0.15, 0.2) is 0 Å². The van der Waals surface area contributed by atoms with Crippen LogP contribution in [0.25, 0.3) is 11.0 Å². The van der Waals surface area contributed by atoms with Crippen molar-refractivity contribution >= 4 is 34.2 Å². The highest BCUT2D eigenvalue weighted by Gasteiger charge is 2.22. The summed E-state index contributed by atoms with van der Waals surface area (Å²) in [7, 11) is 2.22. The average molecular weight is 326 g/mol. The highest BCUT2D eigenvalue weighted by Crippen LogP contribution is 2.26. The van der Waals surface area contributed by atoms with E-state index in [4.69, 9.17) is 28.2 Å². The topological polar surface area (TPSA) is 21.1 Å². The molecule has 1 saturated heterocycles.